The molecule has 0 bridgehead atoms. The number of halogens is 1. The number of aryl methyl sites for hydroxylation is 1. The van der Waals surface area contributed by atoms with Crippen LogP contribution in [0.4, 0.5) is 0 Å². The van der Waals surface area contributed by atoms with Crippen LogP contribution in [0.25, 0.3) is 0 Å². The van der Waals surface area contributed by atoms with Gasteiger partial charge in [-0.25, -0.2) is 0 Å². The molecule has 1 aromatic carbocycles. The van der Waals surface area contributed by atoms with E-state index in [1.165, 1.54) is 43.5 Å². The van der Waals surface area contributed by atoms with E-state index >= 15 is 0 Å². The molecule has 1 aromatic rings. The summed E-state index contributed by atoms with van der Waals surface area (Å²) in [6.07, 6.45) is 5.70. The second-order valence-corrected chi connectivity index (χ2v) is 5.50. The molecule has 0 aliphatic carbocycles. The highest BCUT2D eigenvalue weighted by atomic mass is 35.5. The van der Waals surface area contributed by atoms with Crippen LogP contribution >= 0.6 is 11.6 Å². The van der Waals surface area contributed by atoms with E-state index in [1.54, 1.807) is 0 Å². The first-order valence-corrected chi connectivity index (χ1v) is 7.28. The zero-order valence-electron chi connectivity index (χ0n) is 10.9. The summed E-state index contributed by atoms with van der Waals surface area (Å²) in [6, 6.07) is 6.33. The molecule has 1 heterocycles. The zero-order valence-corrected chi connectivity index (χ0v) is 11.6. The number of aliphatic hydroxyl groups excluding tert-OH is 1. The Labute approximate surface area is 115 Å². The molecule has 2 rings (SSSR count). The molecule has 100 valence electrons. The van der Waals surface area contributed by atoms with Gasteiger partial charge in [0.1, 0.15) is 0 Å². The number of aliphatic hydroxyl groups is 1. The van der Waals surface area contributed by atoms with E-state index < -0.39 is 0 Å². The summed E-state index contributed by atoms with van der Waals surface area (Å²) in [5, 5.41) is 9.70. The molecule has 3 heteroatoms. The highest BCUT2D eigenvalue weighted by molar-refractivity contribution is 6.31. The fourth-order valence-electron chi connectivity index (χ4n) is 2.52. The normalized spacial score (nSPS) is 17.0. The van der Waals surface area contributed by atoms with Crippen molar-refractivity contribution in [3.05, 3.63) is 34.3 Å². The lowest BCUT2D eigenvalue weighted by molar-refractivity contribution is 0.221. The Balaban J connectivity index is 1.95. The SMILES string of the molecule is OCCCc1ccc(CN2CCCCC2)c(Cl)c1. The predicted molar refractivity (Wildman–Crippen MR) is 76.0 cm³/mol. The van der Waals surface area contributed by atoms with E-state index in [4.69, 9.17) is 16.7 Å². The van der Waals surface area contributed by atoms with Crippen LogP contribution < -0.4 is 0 Å². The summed E-state index contributed by atoms with van der Waals surface area (Å²) >= 11 is 6.34. The highest BCUT2D eigenvalue weighted by Crippen LogP contribution is 2.22. The molecule has 18 heavy (non-hydrogen) atoms. The van der Waals surface area contributed by atoms with Crippen LogP contribution in [0, 0.1) is 0 Å². The molecule has 0 unspecified atom stereocenters. The van der Waals surface area contributed by atoms with E-state index in [0.717, 1.165) is 24.4 Å². The molecule has 1 aliphatic heterocycles. The summed E-state index contributed by atoms with van der Waals surface area (Å²) in [7, 11) is 0. The second-order valence-electron chi connectivity index (χ2n) is 5.09. The van der Waals surface area contributed by atoms with Crippen molar-refractivity contribution in [2.75, 3.05) is 19.7 Å². The van der Waals surface area contributed by atoms with Crippen LogP contribution in [-0.2, 0) is 13.0 Å². The summed E-state index contributed by atoms with van der Waals surface area (Å²) in [6.45, 7) is 3.61. The molecule has 1 fully saturated rings. The smallest absolute Gasteiger partial charge is 0.0453 e. The number of nitrogens with zero attached hydrogens (tertiary/aromatic N) is 1. The lowest BCUT2D eigenvalue weighted by Crippen LogP contribution is -2.29. The molecule has 1 aliphatic rings. The Morgan fingerprint density at radius 3 is 2.61 bits per heavy atom. The topological polar surface area (TPSA) is 23.5 Å². The van der Waals surface area contributed by atoms with Gasteiger partial charge in [0.25, 0.3) is 0 Å². The van der Waals surface area contributed by atoms with Crippen molar-refractivity contribution in [1.82, 2.24) is 4.90 Å². The summed E-state index contributed by atoms with van der Waals surface area (Å²) in [5.74, 6) is 0. The van der Waals surface area contributed by atoms with Crippen molar-refractivity contribution >= 4 is 11.6 Å². The third-order valence-corrected chi connectivity index (χ3v) is 3.94. The van der Waals surface area contributed by atoms with Gasteiger partial charge in [-0.1, -0.05) is 30.2 Å². The maximum atomic E-state index is 8.83. The Bertz CT molecular complexity index is 375. The molecule has 1 N–H and O–H groups in total. The van der Waals surface area contributed by atoms with E-state index in [2.05, 4.69) is 23.1 Å². The van der Waals surface area contributed by atoms with Gasteiger partial charge in [0.15, 0.2) is 0 Å². The maximum absolute atomic E-state index is 8.83. The van der Waals surface area contributed by atoms with Crippen LogP contribution in [0.15, 0.2) is 18.2 Å². The van der Waals surface area contributed by atoms with Gasteiger partial charge in [-0.05, 0) is 56.0 Å². The Hall–Kier alpha value is -0.570. The Morgan fingerprint density at radius 1 is 1.17 bits per heavy atom. The molecule has 0 saturated carbocycles. The molecule has 1 saturated heterocycles. The minimum absolute atomic E-state index is 0.243. The molecule has 0 spiro atoms. The van der Waals surface area contributed by atoms with Crippen molar-refractivity contribution in [1.29, 1.82) is 0 Å². The molecular weight excluding hydrogens is 246 g/mol. The number of piperidine rings is 1. The number of hydrogen-bond donors (Lipinski definition) is 1. The van der Waals surface area contributed by atoms with Gasteiger partial charge in [0.05, 0.1) is 0 Å². The van der Waals surface area contributed by atoms with Crippen molar-refractivity contribution in [3.63, 3.8) is 0 Å². The molecule has 0 aromatic heterocycles. The standard InChI is InChI=1S/C15H22ClNO/c16-15-11-13(5-4-10-18)6-7-14(15)12-17-8-2-1-3-9-17/h6-7,11,18H,1-5,8-10,12H2. The first-order valence-electron chi connectivity index (χ1n) is 6.90. The zero-order chi connectivity index (χ0) is 12.8. The lowest BCUT2D eigenvalue weighted by Gasteiger charge is -2.26. The predicted octanol–water partition coefficient (Wildman–Crippen LogP) is 3.25. The van der Waals surface area contributed by atoms with Gasteiger partial charge < -0.3 is 5.11 Å². The van der Waals surface area contributed by atoms with Crippen molar-refractivity contribution < 1.29 is 5.11 Å². The molecular formula is C15H22ClNO. The third-order valence-electron chi connectivity index (χ3n) is 3.58. The van der Waals surface area contributed by atoms with E-state index in [-0.39, 0.29) is 6.61 Å². The summed E-state index contributed by atoms with van der Waals surface area (Å²) in [4.78, 5) is 2.48. The quantitative estimate of drug-likeness (QED) is 0.885. The first-order chi connectivity index (χ1) is 8.79. The van der Waals surface area contributed by atoms with Crippen molar-refractivity contribution in [2.24, 2.45) is 0 Å². The largest absolute Gasteiger partial charge is 0.396 e. The monoisotopic (exact) mass is 267 g/mol. The van der Waals surface area contributed by atoms with E-state index in [0.29, 0.717) is 0 Å². The van der Waals surface area contributed by atoms with Crippen molar-refractivity contribution in [3.8, 4) is 0 Å². The lowest BCUT2D eigenvalue weighted by atomic mass is 10.1. The molecule has 0 atom stereocenters. The van der Waals surface area contributed by atoms with Crippen LogP contribution in [-0.4, -0.2) is 29.7 Å². The molecule has 0 amide bonds. The Morgan fingerprint density at radius 2 is 1.94 bits per heavy atom. The number of likely N-dealkylation sites (tertiary alicyclic amines) is 1. The number of rotatable bonds is 5. The van der Waals surface area contributed by atoms with E-state index in [9.17, 15) is 0 Å². The third kappa shape index (κ3) is 3.98. The van der Waals surface area contributed by atoms with Crippen LogP contribution in [0.2, 0.25) is 5.02 Å². The molecule has 0 radical (unpaired) electrons. The number of hydrogen-bond acceptors (Lipinski definition) is 2. The van der Waals surface area contributed by atoms with E-state index in [1.807, 2.05) is 0 Å². The van der Waals surface area contributed by atoms with Gasteiger partial charge in [-0.3, -0.25) is 4.90 Å². The van der Waals surface area contributed by atoms with Gasteiger partial charge in [0, 0.05) is 18.2 Å². The summed E-state index contributed by atoms with van der Waals surface area (Å²) in [5.41, 5.74) is 2.45. The average molecular weight is 268 g/mol. The first kappa shape index (κ1) is 13.9. The van der Waals surface area contributed by atoms with Gasteiger partial charge in [-0.15, -0.1) is 0 Å². The fraction of sp³-hybridized carbons (Fsp3) is 0.600. The van der Waals surface area contributed by atoms with Crippen molar-refractivity contribution in [2.45, 2.75) is 38.6 Å². The summed E-state index contributed by atoms with van der Waals surface area (Å²) < 4.78 is 0. The minimum atomic E-state index is 0.243. The second kappa shape index (κ2) is 7.13. The highest BCUT2D eigenvalue weighted by Gasteiger charge is 2.12. The maximum Gasteiger partial charge on any atom is 0.0453 e. The molecule has 2 nitrogen and oxygen atoms in total. The van der Waals surface area contributed by atoms with Gasteiger partial charge >= 0.3 is 0 Å². The fourth-order valence-corrected chi connectivity index (χ4v) is 2.78. The average Bonchev–Trinajstić information content (AvgIpc) is 2.40. The van der Waals surface area contributed by atoms with Gasteiger partial charge in [0.2, 0.25) is 0 Å². The van der Waals surface area contributed by atoms with Gasteiger partial charge in [-0.2, -0.15) is 0 Å². The van der Waals surface area contributed by atoms with Crippen LogP contribution in [0.3, 0.4) is 0 Å². The minimum Gasteiger partial charge on any atom is -0.396 e. The number of benzene rings is 1. The van der Waals surface area contributed by atoms with Crippen LogP contribution in [0.5, 0.6) is 0 Å². The van der Waals surface area contributed by atoms with Crippen LogP contribution in [0.1, 0.15) is 36.8 Å². The Kier molecular flexibility index (Phi) is 5.48.